The molecule has 3 aromatic rings. The third-order valence-corrected chi connectivity index (χ3v) is 7.79. The number of pyridine rings is 1. The lowest BCUT2D eigenvalue weighted by molar-refractivity contribution is -0.149. The van der Waals surface area contributed by atoms with Gasteiger partial charge in [-0.1, -0.05) is 79.5 Å². The molecule has 240 valence electrons. The van der Waals surface area contributed by atoms with Crippen LogP contribution in [0.2, 0.25) is 5.15 Å². The number of hydrogen-bond donors (Lipinski definition) is 0. The van der Waals surface area contributed by atoms with Gasteiger partial charge in [-0.15, -0.1) is 0 Å². The summed E-state index contributed by atoms with van der Waals surface area (Å²) in [4.78, 5) is 22.1. The first-order valence-electron chi connectivity index (χ1n) is 13.8. The largest absolute Gasteiger partial charge is 0.457 e. The number of aromatic nitrogens is 1. The lowest BCUT2D eigenvalue weighted by Gasteiger charge is -2.17. The number of alkyl halides is 3. The highest BCUT2D eigenvalue weighted by Gasteiger charge is 2.62. The standard InChI is InChI=1S/C23H19ClF3NO3.C10H11ClN4/c1-22(2)17(12-19(24)23(25,26)27)20(22)21(29)31-18(13-28)14-7-6-10-16(11-14)30-15-8-4-3-5-9-15;1-8(14-7-12)15(2)6-9-3-4-10(11)13-5-9/h3-12,17-18,20H,1-2H3;3-5H,6H2,1-2H3/b19-12-;/t17-,18?,20-;/m0./s1. The number of nitrogens with zero attached hydrogens (tertiary/aromatic N) is 5. The molecule has 46 heavy (non-hydrogen) atoms. The number of carbonyl (C=O) groups excluding carboxylic acids is 1. The van der Waals surface area contributed by atoms with Crippen molar-refractivity contribution in [3.05, 3.63) is 100 Å². The van der Waals surface area contributed by atoms with Crippen molar-refractivity contribution in [2.45, 2.75) is 39.6 Å². The van der Waals surface area contributed by atoms with Crippen LogP contribution in [0.5, 0.6) is 11.5 Å². The summed E-state index contributed by atoms with van der Waals surface area (Å²) in [6.45, 7) is 5.74. The van der Waals surface area contributed by atoms with E-state index < -0.39 is 40.5 Å². The highest BCUT2D eigenvalue weighted by Crippen LogP contribution is 2.60. The summed E-state index contributed by atoms with van der Waals surface area (Å²) in [5.74, 6) is -0.596. The summed E-state index contributed by atoms with van der Waals surface area (Å²) < 4.78 is 49.2. The van der Waals surface area contributed by atoms with Crippen LogP contribution < -0.4 is 4.74 Å². The molecule has 13 heteroatoms. The molecule has 0 N–H and O–H groups in total. The Morgan fingerprint density at radius 3 is 2.39 bits per heavy atom. The molecule has 0 saturated heterocycles. The second-order valence-electron chi connectivity index (χ2n) is 10.9. The Kier molecular flexibility index (Phi) is 12.2. The van der Waals surface area contributed by atoms with Gasteiger partial charge in [-0.25, -0.2) is 4.98 Å². The van der Waals surface area contributed by atoms with Crippen LogP contribution in [0.3, 0.4) is 0 Å². The fraction of sp³-hybridized carbons (Fsp3) is 0.303. The average Bonchev–Trinajstić information content (AvgIpc) is 3.56. The van der Waals surface area contributed by atoms with E-state index in [1.165, 1.54) is 0 Å². The van der Waals surface area contributed by atoms with E-state index in [0.717, 1.165) is 11.6 Å². The molecule has 0 bridgehead atoms. The fourth-order valence-electron chi connectivity index (χ4n) is 4.46. The molecule has 2 aromatic carbocycles. The van der Waals surface area contributed by atoms with Gasteiger partial charge >= 0.3 is 12.1 Å². The quantitative estimate of drug-likeness (QED) is 0.0775. The van der Waals surface area contributed by atoms with Crippen LogP contribution in [0.25, 0.3) is 0 Å². The summed E-state index contributed by atoms with van der Waals surface area (Å²) >= 11 is 11.0. The topological polar surface area (TPSA) is 112 Å². The lowest BCUT2D eigenvalue weighted by Crippen LogP contribution is -2.23. The molecule has 1 unspecified atom stereocenters. The molecule has 1 aliphatic rings. The van der Waals surface area contributed by atoms with Crippen LogP contribution in [0.1, 0.15) is 38.0 Å². The summed E-state index contributed by atoms with van der Waals surface area (Å²) in [6.07, 6.45) is -1.61. The zero-order chi connectivity index (χ0) is 34.1. The van der Waals surface area contributed by atoms with Gasteiger partial charge in [0.05, 0.1) is 5.92 Å². The first-order valence-corrected chi connectivity index (χ1v) is 14.6. The van der Waals surface area contributed by atoms with Gasteiger partial charge in [-0.2, -0.15) is 28.7 Å². The normalized spacial score (nSPS) is 17.7. The summed E-state index contributed by atoms with van der Waals surface area (Å²) in [5, 5.41) is 17.1. The smallest absolute Gasteiger partial charge is 0.426 e. The number of aliphatic imine (C=N–C) groups is 1. The number of amidine groups is 1. The average molecular weight is 673 g/mol. The molecule has 1 saturated carbocycles. The minimum Gasteiger partial charge on any atom is -0.457 e. The van der Waals surface area contributed by atoms with E-state index in [2.05, 4.69) is 9.98 Å². The Morgan fingerprint density at radius 1 is 1.13 bits per heavy atom. The second kappa shape index (κ2) is 15.6. The highest BCUT2D eigenvalue weighted by atomic mass is 35.5. The summed E-state index contributed by atoms with van der Waals surface area (Å²) in [6, 6.07) is 21.1. The van der Waals surface area contributed by atoms with Gasteiger partial charge in [0, 0.05) is 25.4 Å². The van der Waals surface area contributed by atoms with Crippen molar-refractivity contribution >= 4 is 35.0 Å². The van der Waals surface area contributed by atoms with Gasteiger partial charge in [0.1, 0.15) is 33.6 Å². The van der Waals surface area contributed by atoms with Crippen LogP contribution in [0.4, 0.5) is 13.2 Å². The number of allylic oxidation sites excluding steroid dienone is 2. The van der Waals surface area contributed by atoms with Gasteiger partial charge in [0.2, 0.25) is 12.3 Å². The van der Waals surface area contributed by atoms with Crippen molar-refractivity contribution < 1.29 is 27.4 Å². The molecular weight excluding hydrogens is 642 g/mol. The molecule has 0 aliphatic heterocycles. The van der Waals surface area contributed by atoms with Crippen LogP contribution in [0.15, 0.2) is 89.0 Å². The molecule has 0 amide bonds. The first-order chi connectivity index (χ1) is 21.7. The van der Waals surface area contributed by atoms with Crippen LogP contribution in [-0.2, 0) is 16.1 Å². The number of esters is 1. The number of nitriles is 2. The number of rotatable bonds is 8. The van der Waals surface area contributed by atoms with Gasteiger partial charge in [-0.05, 0) is 54.2 Å². The number of halogens is 5. The van der Waals surface area contributed by atoms with Crippen molar-refractivity contribution in [1.29, 1.82) is 10.5 Å². The van der Waals surface area contributed by atoms with E-state index >= 15 is 0 Å². The highest BCUT2D eigenvalue weighted by molar-refractivity contribution is 6.30. The van der Waals surface area contributed by atoms with Crippen LogP contribution >= 0.6 is 23.2 Å². The molecule has 1 aromatic heterocycles. The van der Waals surface area contributed by atoms with Crippen molar-refractivity contribution in [3.63, 3.8) is 0 Å². The molecule has 1 fully saturated rings. The summed E-state index contributed by atoms with van der Waals surface area (Å²) in [5.41, 5.74) is 0.651. The van der Waals surface area contributed by atoms with E-state index in [9.17, 15) is 23.2 Å². The zero-order valence-electron chi connectivity index (χ0n) is 25.3. The molecule has 0 spiro atoms. The maximum absolute atomic E-state index is 12.7. The molecule has 1 aliphatic carbocycles. The number of ether oxygens (including phenoxy) is 2. The van der Waals surface area contributed by atoms with E-state index in [4.69, 9.17) is 37.9 Å². The Bertz CT molecular complexity index is 1650. The molecule has 8 nitrogen and oxygen atoms in total. The number of hydrogen-bond acceptors (Lipinski definition) is 7. The van der Waals surface area contributed by atoms with E-state index in [1.54, 1.807) is 75.6 Å². The number of benzene rings is 2. The zero-order valence-corrected chi connectivity index (χ0v) is 26.8. The summed E-state index contributed by atoms with van der Waals surface area (Å²) in [7, 11) is 1.87. The van der Waals surface area contributed by atoms with E-state index in [0.29, 0.717) is 34.6 Å². The minimum absolute atomic E-state index is 0.392. The van der Waals surface area contributed by atoms with E-state index in [1.807, 2.05) is 42.3 Å². The monoisotopic (exact) mass is 671 g/mol. The minimum atomic E-state index is -4.68. The fourth-order valence-corrected chi connectivity index (χ4v) is 4.71. The number of para-hydroxylation sites is 1. The number of carbonyl (C=O) groups is 1. The second-order valence-corrected chi connectivity index (χ2v) is 11.7. The van der Waals surface area contributed by atoms with Gasteiger partial charge in [0.25, 0.3) is 0 Å². The van der Waals surface area contributed by atoms with Crippen molar-refractivity contribution in [2.75, 3.05) is 7.05 Å². The van der Waals surface area contributed by atoms with Crippen molar-refractivity contribution in [3.8, 4) is 23.8 Å². The van der Waals surface area contributed by atoms with E-state index in [-0.39, 0.29) is 0 Å². The Labute approximate surface area is 275 Å². The van der Waals surface area contributed by atoms with Gasteiger partial charge in [0.15, 0.2) is 0 Å². The Morgan fingerprint density at radius 2 is 1.80 bits per heavy atom. The molecule has 0 radical (unpaired) electrons. The Balaban J connectivity index is 0.000000322. The molecule has 3 atom stereocenters. The first kappa shape index (κ1) is 35.9. The molecule has 1 heterocycles. The molecular formula is C33H30Cl2F3N5O3. The van der Waals surface area contributed by atoms with Gasteiger partial charge in [-0.3, -0.25) is 4.79 Å². The Hall–Kier alpha value is -4.58. The van der Waals surface area contributed by atoms with Gasteiger partial charge < -0.3 is 14.4 Å². The SMILES string of the molecule is CC(=NC#N)N(C)Cc1ccc(Cl)nc1.CC1(C)[C@H](C(=O)OC(C#N)c2cccc(Oc3ccccc3)c2)[C@@H]1/C=C(\Cl)C(F)(F)F. The van der Waals surface area contributed by atoms with Crippen LogP contribution in [0, 0.1) is 40.0 Å². The lowest BCUT2D eigenvalue weighted by atomic mass is 10.1. The van der Waals surface area contributed by atoms with Crippen molar-refractivity contribution in [2.24, 2.45) is 22.2 Å². The third-order valence-electron chi connectivity index (χ3n) is 7.22. The maximum atomic E-state index is 12.7. The predicted octanol–water partition coefficient (Wildman–Crippen LogP) is 8.61. The molecule has 4 rings (SSSR count). The predicted molar refractivity (Wildman–Crippen MR) is 168 cm³/mol. The maximum Gasteiger partial charge on any atom is 0.426 e. The third kappa shape index (κ3) is 9.96. The van der Waals surface area contributed by atoms with Crippen LogP contribution in [-0.4, -0.2) is 34.9 Å². The van der Waals surface area contributed by atoms with Crippen molar-refractivity contribution in [1.82, 2.24) is 9.88 Å².